The van der Waals surface area contributed by atoms with Crippen molar-refractivity contribution in [3.05, 3.63) is 42.0 Å². The molecular formula is C16H21NO3. The molecule has 0 aromatic heterocycles. The first kappa shape index (κ1) is 14.6. The van der Waals surface area contributed by atoms with Crippen LogP contribution in [0.5, 0.6) is 5.75 Å². The third kappa shape index (κ3) is 4.10. The van der Waals surface area contributed by atoms with Gasteiger partial charge in [-0.3, -0.25) is 4.79 Å². The Balaban J connectivity index is 1.73. The second kappa shape index (κ2) is 7.10. The van der Waals surface area contributed by atoms with E-state index < -0.39 is 0 Å². The van der Waals surface area contributed by atoms with Crippen LogP contribution in [0.25, 0.3) is 0 Å². The van der Waals surface area contributed by atoms with Crippen LogP contribution in [0, 0.1) is 5.92 Å². The van der Waals surface area contributed by atoms with E-state index in [2.05, 4.69) is 12.2 Å². The molecule has 1 aliphatic rings. The molecule has 2 N–H and O–H groups in total. The fourth-order valence-electron chi connectivity index (χ4n) is 2.24. The van der Waals surface area contributed by atoms with E-state index in [1.54, 1.807) is 0 Å². The summed E-state index contributed by atoms with van der Waals surface area (Å²) in [5.41, 5.74) is 1.24. The molecule has 20 heavy (non-hydrogen) atoms. The first-order valence-electron chi connectivity index (χ1n) is 7.01. The molecule has 0 aliphatic heterocycles. The van der Waals surface area contributed by atoms with Crippen molar-refractivity contribution in [1.29, 1.82) is 0 Å². The molecular weight excluding hydrogens is 254 g/mol. The zero-order chi connectivity index (χ0) is 14.4. The Kier molecular flexibility index (Phi) is 5.18. The minimum atomic E-state index is -0.141. The summed E-state index contributed by atoms with van der Waals surface area (Å²) in [6.45, 7) is 2.24. The molecule has 0 unspecified atom stereocenters. The molecule has 108 valence electrons. The van der Waals surface area contributed by atoms with Gasteiger partial charge in [0, 0.05) is 18.6 Å². The number of rotatable bonds is 6. The highest BCUT2D eigenvalue weighted by atomic mass is 16.5. The number of aryl methyl sites for hydroxylation is 1. The molecule has 0 radical (unpaired) electrons. The Morgan fingerprint density at radius 1 is 1.35 bits per heavy atom. The predicted molar refractivity (Wildman–Crippen MR) is 77.6 cm³/mol. The Hall–Kier alpha value is -1.81. The Morgan fingerprint density at radius 2 is 2.10 bits per heavy atom. The summed E-state index contributed by atoms with van der Waals surface area (Å²) in [6.07, 6.45) is 5.61. The highest BCUT2D eigenvalue weighted by Gasteiger charge is 2.19. The maximum Gasteiger partial charge on any atom is 0.258 e. The maximum absolute atomic E-state index is 11.8. The largest absolute Gasteiger partial charge is 0.484 e. The number of benzene rings is 1. The van der Waals surface area contributed by atoms with Crippen LogP contribution in [0.1, 0.15) is 18.9 Å². The predicted octanol–water partition coefficient (Wildman–Crippen LogP) is 1.68. The van der Waals surface area contributed by atoms with Gasteiger partial charge >= 0.3 is 0 Å². The van der Waals surface area contributed by atoms with Crippen LogP contribution in [0.2, 0.25) is 0 Å². The summed E-state index contributed by atoms with van der Waals surface area (Å²) in [7, 11) is 0. The maximum atomic E-state index is 11.8. The quantitative estimate of drug-likeness (QED) is 0.777. The van der Waals surface area contributed by atoms with Crippen LogP contribution in [-0.4, -0.2) is 30.3 Å². The Bertz CT molecular complexity index is 467. The monoisotopic (exact) mass is 275 g/mol. The molecule has 4 nitrogen and oxygen atoms in total. The second-order valence-corrected chi connectivity index (χ2v) is 5.02. The van der Waals surface area contributed by atoms with Crippen molar-refractivity contribution in [2.75, 3.05) is 13.2 Å². The van der Waals surface area contributed by atoms with E-state index in [-0.39, 0.29) is 31.1 Å². The highest BCUT2D eigenvalue weighted by Crippen LogP contribution is 2.17. The summed E-state index contributed by atoms with van der Waals surface area (Å²) >= 11 is 0. The average Bonchev–Trinajstić information content (AvgIpc) is 2.93. The molecule has 4 heteroatoms. The number of carbonyl (C=O) groups excluding carboxylic acids is 1. The first-order valence-corrected chi connectivity index (χ1v) is 7.01. The number of ether oxygens (including phenoxy) is 1. The van der Waals surface area contributed by atoms with Crippen molar-refractivity contribution in [3.63, 3.8) is 0 Å². The topological polar surface area (TPSA) is 58.6 Å². The highest BCUT2D eigenvalue weighted by molar-refractivity contribution is 5.78. The number of hydrogen-bond acceptors (Lipinski definition) is 3. The van der Waals surface area contributed by atoms with E-state index in [9.17, 15) is 4.79 Å². The molecule has 0 fully saturated rings. The minimum Gasteiger partial charge on any atom is -0.484 e. The van der Waals surface area contributed by atoms with Gasteiger partial charge < -0.3 is 15.2 Å². The first-order chi connectivity index (χ1) is 9.71. The summed E-state index contributed by atoms with van der Waals surface area (Å²) in [4.78, 5) is 11.8. The molecule has 1 aromatic rings. The Morgan fingerprint density at radius 3 is 2.70 bits per heavy atom. The third-order valence-electron chi connectivity index (χ3n) is 3.45. The lowest BCUT2D eigenvalue weighted by Gasteiger charge is -2.13. The minimum absolute atomic E-state index is 0.00529. The fourth-order valence-corrected chi connectivity index (χ4v) is 2.24. The number of amides is 1. The number of carbonyl (C=O) groups is 1. The van der Waals surface area contributed by atoms with Gasteiger partial charge in [-0.25, -0.2) is 0 Å². The number of nitrogens with one attached hydrogen (secondary N) is 1. The van der Waals surface area contributed by atoms with Crippen LogP contribution in [0.15, 0.2) is 36.4 Å². The third-order valence-corrected chi connectivity index (χ3v) is 3.45. The molecule has 1 aromatic carbocycles. The van der Waals surface area contributed by atoms with Crippen LogP contribution in [0.3, 0.4) is 0 Å². The van der Waals surface area contributed by atoms with Gasteiger partial charge in [0.1, 0.15) is 5.75 Å². The van der Waals surface area contributed by atoms with Gasteiger partial charge in [0.25, 0.3) is 5.91 Å². The van der Waals surface area contributed by atoms with E-state index in [0.29, 0.717) is 5.75 Å². The average molecular weight is 275 g/mol. The van der Waals surface area contributed by atoms with E-state index in [0.717, 1.165) is 12.8 Å². The molecule has 0 saturated carbocycles. The lowest BCUT2D eigenvalue weighted by atomic mass is 10.1. The van der Waals surface area contributed by atoms with Crippen molar-refractivity contribution in [3.8, 4) is 5.75 Å². The molecule has 1 amide bonds. The molecule has 0 heterocycles. The second-order valence-electron chi connectivity index (χ2n) is 5.02. The van der Waals surface area contributed by atoms with E-state index in [1.165, 1.54) is 5.56 Å². The van der Waals surface area contributed by atoms with Gasteiger partial charge in [0.15, 0.2) is 6.61 Å². The lowest BCUT2D eigenvalue weighted by molar-refractivity contribution is -0.123. The van der Waals surface area contributed by atoms with Crippen LogP contribution in [-0.2, 0) is 11.2 Å². The molecule has 0 bridgehead atoms. The normalized spacial score (nSPS) is 20.9. The number of aliphatic hydroxyl groups is 1. The van der Waals surface area contributed by atoms with Crippen molar-refractivity contribution in [2.45, 2.75) is 25.8 Å². The fraction of sp³-hybridized carbons (Fsp3) is 0.438. The van der Waals surface area contributed by atoms with Crippen molar-refractivity contribution in [2.24, 2.45) is 5.92 Å². The SMILES string of the molecule is CCc1ccc(OCC(=O)N[C@@H]2C=C[C@H](CO)C2)cc1. The van der Waals surface area contributed by atoms with Gasteiger partial charge in [0.2, 0.25) is 0 Å². The van der Waals surface area contributed by atoms with E-state index in [4.69, 9.17) is 9.84 Å². The smallest absolute Gasteiger partial charge is 0.258 e. The van der Waals surface area contributed by atoms with Crippen LogP contribution in [0.4, 0.5) is 0 Å². The van der Waals surface area contributed by atoms with Crippen LogP contribution >= 0.6 is 0 Å². The van der Waals surface area contributed by atoms with Crippen molar-refractivity contribution < 1.29 is 14.6 Å². The summed E-state index contributed by atoms with van der Waals surface area (Å²) in [5.74, 6) is 0.716. The summed E-state index contributed by atoms with van der Waals surface area (Å²) in [5, 5.41) is 11.9. The van der Waals surface area contributed by atoms with Gasteiger partial charge in [-0.1, -0.05) is 31.2 Å². The van der Waals surface area contributed by atoms with Gasteiger partial charge in [-0.15, -0.1) is 0 Å². The zero-order valence-corrected chi connectivity index (χ0v) is 11.7. The van der Waals surface area contributed by atoms with Gasteiger partial charge in [-0.05, 0) is 30.5 Å². The number of aliphatic hydroxyl groups excluding tert-OH is 1. The van der Waals surface area contributed by atoms with E-state index >= 15 is 0 Å². The van der Waals surface area contributed by atoms with Crippen molar-refractivity contribution >= 4 is 5.91 Å². The van der Waals surface area contributed by atoms with E-state index in [1.807, 2.05) is 36.4 Å². The lowest BCUT2D eigenvalue weighted by Crippen LogP contribution is -2.36. The zero-order valence-electron chi connectivity index (χ0n) is 11.7. The molecule has 1 aliphatic carbocycles. The number of hydrogen-bond donors (Lipinski definition) is 2. The standard InChI is InChI=1S/C16H21NO3/c1-2-12-4-7-15(8-5-12)20-11-16(19)17-14-6-3-13(9-14)10-18/h3-8,13-14,18H,2,9-11H2,1H3,(H,17,19)/t13-,14+/m0/s1. The van der Waals surface area contributed by atoms with Gasteiger partial charge in [0.05, 0.1) is 0 Å². The summed E-state index contributed by atoms with van der Waals surface area (Å²) < 4.78 is 5.45. The Labute approximate surface area is 119 Å². The molecule has 0 spiro atoms. The molecule has 2 rings (SSSR count). The molecule has 0 saturated heterocycles. The summed E-state index contributed by atoms with van der Waals surface area (Å²) in [6, 6.07) is 7.76. The van der Waals surface area contributed by atoms with Gasteiger partial charge in [-0.2, -0.15) is 0 Å². The van der Waals surface area contributed by atoms with Crippen LogP contribution < -0.4 is 10.1 Å². The van der Waals surface area contributed by atoms with Crippen molar-refractivity contribution in [1.82, 2.24) is 5.32 Å². The molecule has 2 atom stereocenters.